The van der Waals surface area contributed by atoms with E-state index >= 15 is 0 Å². The van der Waals surface area contributed by atoms with E-state index in [2.05, 4.69) is 5.32 Å². The van der Waals surface area contributed by atoms with Crippen molar-refractivity contribution in [2.45, 2.75) is 0 Å². The molecule has 3 N–H and O–H groups in total. The standard InChI is InChI=1S/C11H11FN2O3/c12-8-2-1-7(5-9(8)13)14-11(15)10-6-16-3-4-17-10/h1-2,5-6H,3-4,13H2,(H,14,15). The van der Waals surface area contributed by atoms with Crippen LogP contribution in [0.25, 0.3) is 0 Å². The molecule has 5 nitrogen and oxygen atoms in total. The lowest BCUT2D eigenvalue weighted by atomic mass is 10.2. The lowest BCUT2D eigenvalue weighted by Gasteiger charge is -2.15. The SMILES string of the molecule is Nc1cc(NC(=O)C2=COCCO2)ccc1F. The van der Waals surface area contributed by atoms with Crippen molar-refractivity contribution in [1.29, 1.82) is 0 Å². The van der Waals surface area contributed by atoms with Crippen molar-refractivity contribution in [2.24, 2.45) is 0 Å². The first kappa shape index (κ1) is 11.3. The van der Waals surface area contributed by atoms with Crippen LogP contribution in [0.2, 0.25) is 0 Å². The van der Waals surface area contributed by atoms with E-state index in [1.807, 2.05) is 0 Å². The highest BCUT2D eigenvalue weighted by atomic mass is 19.1. The zero-order valence-electron chi connectivity index (χ0n) is 8.90. The van der Waals surface area contributed by atoms with Crippen LogP contribution in [0.5, 0.6) is 0 Å². The van der Waals surface area contributed by atoms with Gasteiger partial charge in [-0.25, -0.2) is 4.39 Å². The van der Waals surface area contributed by atoms with Gasteiger partial charge in [-0.05, 0) is 18.2 Å². The van der Waals surface area contributed by atoms with Gasteiger partial charge in [-0.3, -0.25) is 4.79 Å². The summed E-state index contributed by atoms with van der Waals surface area (Å²) in [5, 5.41) is 2.52. The number of hydrogen-bond donors (Lipinski definition) is 2. The Labute approximate surface area is 97.0 Å². The van der Waals surface area contributed by atoms with E-state index in [-0.39, 0.29) is 11.4 Å². The van der Waals surface area contributed by atoms with Crippen molar-refractivity contribution in [1.82, 2.24) is 0 Å². The predicted octanol–water partition coefficient (Wildman–Crippen LogP) is 1.23. The lowest BCUT2D eigenvalue weighted by molar-refractivity contribution is -0.117. The highest BCUT2D eigenvalue weighted by Crippen LogP contribution is 2.17. The van der Waals surface area contributed by atoms with Crippen LogP contribution in [0.1, 0.15) is 0 Å². The molecule has 0 aromatic heterocycles. The second-order valence-corrected chi connectivity index (χ2v) is 3.39. The van der Waals surface area contributed by atoms with Crippen molar-refractivity contribution in [2.75, 3.05) is 24.3 Å². The van der Waals surface area contributed by atoms with Gasteiger partial charge in [-0.2, -0.15) is 0 Å². The molecular formula is C11H11FN2O3. The van der Waals surface area contributed by atoms with Crippen LogP contribution in [0.3, 0.4) is 0 Å². The maximum Gasteiger partial charge on any atom is 0.294 e. The van der Waals surface area contributed by atoms with E-state index in [4.69, 9.17) is 15.2 Å². The summed E-state index contributed by atoms with van der Waals surface area (Å²) in [6.45, 7) is 0.741. The van der Waals surface area contributed by atoms with Crippen molar-refractivity contribution in [3.63, 3.8) is 0 Å². The van der Waals surface area contributed by atoms with Crippen LogP contribution < -0.4 is 11.1 Å². The Bertz CT molecular complexity index is 474. The number of nitrogens with two attached hydrogens (primary N) is 1. The smallest absolute Gasteiger partial charge is 0.294 e. The van der Waals surface area contributed by atoms with Gasteiger partial charge in [-0.15, -0.1) is 0 Å². The fraction of sp³-hybridized carbons (Fsp3) is 0.182. The topological polar surface area (TPSA) is 73.6 Å². The molecule has 1 heterocycles. The summed E-state index contributed by atoms with van der Waals surface area (Å²) in [5.74, 6) is -0.908. The number of hydrogen-bond acceptors (Lipinski definition) is 4. The van der Waals surface area contributed by atoms with Crippen LogP contribution in [-0.2, 0) is 14.3 Å². The number of anilines is 2. The normalized spacial score (nSPS) is 14.3. The third kappa shape index (κ3) is 2.66. The molecule has 0 saturated carbocycles. The number of rotatable bonds is 2. The Morgan fingerprint density at radius 1 is 1.41 bits per heavy atom. The molecule has 0 atom stereocenters. The van der Waals surface area contributed by atoms with E-state index in [9.17, 15) is 9.18 Å². The summed E-state index contributed by atoms with van der Waals surface area (Å²) in [7, 11) is 0. The fourth-order valence-corrected chi connectivity index (χ4v) is 1.30. The zero-order valence-corrected chi connectivity index (χ0v) is 8.90. The largest absolute Gasteiger partial charge is 0.494 e. The third-order valence-electron chi connectivity index (χ3n) is 2.13. The molecule has 2 rings (SSSR count). The molecule has 1 aliphatic heterocycles. The number of amides is 1. The number of halogens is 1. The Balaban J connectivity index is 2.07. The molecule has 0 bridgehead atoms. The van der Waals surface area contributed by atoms with E-state index < -0.39 is 11.7 Å². The minimum absolute atomic E-state index is 0.0300. The minimum atomic E-state index is -0.528. The van der Waals surface area contributed by atoms with Gasteiger partial charge < -0.3 is 20.5 Å². The summed E-state index contributed by atoms with van der Waals surface area (Å²) >= 11 is 0. The van der Waals surface area contributed by atoms with Crippen LogP contribution in [0.4, 0.5) is 15.8 Å². The Kier molecular flexibility index (Phi) is 3.13. The van der Waals surface area contributed by atoms with Gasteiger partial charge in [0.1, 0.15) is 25.3 Å². The molecule has 6 heteroatoms. The van der Waals surface area contributed by atoms with Crippen molar-refractivity contribution < 1.29 is 18.7 Å². The van der Waals surface area contributed by atoms with Crippen LogP contribution in [0.15, 0.2) is 30.2 Å². The summed E-state index contributed by atoms with van der Waals surface area (Å²) in [4.78, 5) is 11.6. The molecule has 1 aromatic rings. The van der Waals surface area contributed by atoms with Crippen molar-refractivity contribution in [3.8, 4) is 0 Å². The van der Waals surface area contributed by atoms with Crippen molar-refractivity contribution >= 4 is 17.3 Å². The van der Waals surface area contributed by atoms with Gasteiger partial charge in [-0.1, -0.05) is 0 Å². The van der Waals surface area contributed by atoms with E-state index in [1.165, 1.54) is 24.5 Å². The molecule has 0 radical (unpaired) electrons. The van der Waals surface area contributed by atoms with Gasteiger partial charge in [0.05, 0.1) is 5.69 Å². The fourth-order valence-electron chi connectivity index (χ4n) is 1.30. The Morgan fingerprint density at radius 3 is 2.88 bits per heavy atom. The quantitative estimate of drug-likeness (QED) is 0.760. The van der Waals surface area contributed by atoms with Crippen LogP contribution >= 0.6 is 0 Å². The number of carbonyl (C=O) groups excluding carboxylic acids is 1. The monoisotopic (exact) mass is 238 g/mol. The first-order chi connectivity index (χ1) is 8.16. The number of nitrogen functional groups attached to an aromatic ring is 1. The molecule has 1 aliphatic rings. The highest BCUT2D eigenvalue weighted by molar-refractivity contribution is 6.02. The van der Waals surface area contributed by atoms with Gasteiger partial charge >= 0.3 is 0 Å². The lowest BCUT2D eigenvalue weighted by Crippen LogP contribution is -2.21. The second kappa shape index (κ2) is 4.73. The Morgan fingerprint density at radius 2 is 2.24 bits per heavy atom. The van der Waals surface area contributed by atoms with E-state index in [1.54, 1.807) is 0 Å². The van der Waals surface area contributed by atoms with Crippen LogP contribution in [-0.4, -0.2) is 19.1 Å². The molecule has 0 saturated heterocycles. The summed E-state index contributed by atoms with van der Waals surface area (Å²) in [6.07, 6.45) is 1.24. The van der Waals surface area contributed by atoms with Gasteiger partial charge in [0.2, 0.25) is 5.76 Å². The molecule has 1 aromatic carbocycles. The molecular weight excluding hydrogens is 227 g/mol. The van der Waals surface area contributed by atoms with Gasteiger partial charge in [0.25, 0.3) is 5.91 Å². The summed E-state index contributed by atoms with van der Waals surface area (Å²) < 4.78 is 22.9. The maximum atomic E-state index is 12.9. The maximum absolute atomic E-state index is 12.9. The second-order valence-electron chi connectivity index (χ2n) is 3.39. The van der Waals surface area contributed by atoms with Gasteiger partial charge in [0.15, 0.2) is 0 Å². The molecule has 0 unspecified atom stereocenters. The van der Waals surface area contributed by atoms with E-state index in [0.717, 1.165) is 0 Å². The predicted molar refractivity (Wildman–Crippen MR) is 59.4 cm³/mol. The third-order valence-corrected chi connectivity index (χ3v) is 2.13. The highest BCUT2D eigenvalue weighted by Gasteiger charge is 2.15. The van der Waals surface area contributed by atoms with Crippen LogP contribution in [0, 0.1) is 5.82 Å². The average Bonchev–Trinajstić information content (AvgIpc) is 2.35. The molecule has 90 valence electrons. The van der Waals surface area contributed by atoms with Gasteiger partial charge in [0, 0.05) is 5.69 Å². The van der Waals surface area contributed by atoms with E-state index in [0.29, 0.717) is 18.9 Å². The number of carbonyl (C=O) groups is 1. The average molecular weight is 238 g/mol. The summed E-state index contributed by atoms with van der Waals surface area (Å²) in [6, 6.07) is 3.92. The summed E-state index contributed by atoms with van der Waals surface area (Å²) in [5.41, 5.74) is 5.74. The molecule has 0 spiro atoms. The molecule has 0 aliphatic carbocycles. The first-order valence-corrected chi connectivity index (χ1v) is 4.98. The number of ether oxygens (including phenoxy) is 2. The first-order valence-electron chi connectivity index (χ1n) is 4.98. The molecule has 1 amide bonds. The van der Waals surface area contributed by atoms with Crippen molar-refractivity contribution in [3.05, 3.63) is 36.0 Å². The number of nitrogens with one attached hydrogen (secondary N) is 1. The minimum Gasteiger partial charge on any atom is -0.494 e. The zero-order chi connectivity index (χ0) is 12.3. The molecule has 17 heavy (non-hydrogen) atoms. The Hall–Kier alpha value is -2.24. The molecule has 0 fully saturated rings. The number of benzene rings is 1.